The van der Waals surface area contributed by atoms with Crippen LogP contribution in [0.25, 0.3) is 0 Å². The Bertz CT molecular complexity index is 429. The van der Waals surface area contributed by atoms with Crippen LogP contribution in [0, 0.1) is 0 Å². The second-order valence-electron chi connectivity index (χ2n) is 7.88. The lowest BCUT2D eigenvalue weighted by Gasteiger charge is -2.04. The first kappa shape index (κ1) is 30.6. The van der Waals surface area contributed by atoms with Gasteiger partial charge in [0, 0.05) is 11.6 Å². The molecule has 30 heavy (non-hydrogen) atoms. The first-order valence-corrected chi connectivity index (χ1v) is 12.1. The van der Waals surface area contributed by atoms with Gasteiger partial charge in [0.15, 0.2) is 0 Å². The average molecular weight is 425 g/mol. The summed E-state index contributed by atoms with van der Waals surface area (Å²) in [7, 11) is 0. The number of carbonyl (C=O) groups is 2. The van der Waals surface area contributed by atoms with Gasteiger partial charge in [-0.15, -0.1) is 0 Å². The van der Waals surface area contributed by atoms with E-state index >= 15 is 0 Å². The van der Waals surface area contributed by atoms with E-state index in [0.29, 0.717) is 18.8 Å². The average Bonchev–Trinajstić information content (AvgIpc) is 2.74. The summed E-state index contributed by atoms with van der Waals surface area (Å²) >= 11 is 0. The maximum Gasteiger partial charge on any atom is 0.333 e. The molecule has 0 amide bonds. The Morgan fingerprint density at radius 2 is 1.03 bits per heavy atom. The van der Waals surface area contributed by atoms with Gasteiger partial charge in [0.25, 0.3) is 0 Å². The van der Waals surface area contributed by atoms with Gasteiger partial charge in [0.2, 0.25) is 0 Å². The standard InChI is InChI=1S/C16H30O2.C10H18O2/c1-4-5-6-7-8-9-10-11-12-13-14-18-16(17)15(2)3;1-3-5-6-7-8-9-12-10(11)4-2/h2,4-14H2,1,3H3;4H,2-3,5-9H2,1H3. The third-order valence-corrected chi connectivity index (χ3v) is 4.74. The molecule has 0 aliphatic carbocycles. The highest BCUT2D eigenvalue weighted by Crippen LogP contribution is 2.10. The highest BCUT2D eigenvalue weighted by Gasteiger charge is 2.01. The minimum atomic E-state index is -0.314. The normalized spacial score (nSPS) is 9.97. The van der Waals surface area contributed by atoms with Gasteiger partial charge < -0.3 is 9.47 Å². The molecule has 0 N–H and O–H groups in total. The number of ether oxygens (including phenoxy) is 2. The zero-order valence-corrected chi connectivity index (χ0v) is 20.1. The Hall–Kier alpha value is -1.58. The van der Waals surface area contributed by atoms with Gasteiger partial charge in [0.1, 0.15) is 0 Å². The number of unbranched alkanes of at least 4 members (excludes halogenated alkanes) is 13. The molecule has 0 rings (SSSR count). The second kappa shape index (κ2) is 25.5. The SMILES string of the molecule is C=C(C)C(=O)OCCCCCCCCCCCC.C=CC(=O)OCCCCCCC. The molecule has 0 radical (unpaired) electrons. The molecule has 0 aliphatic heterocycles. The molecular formula is C26H48O4. The molecule has 0 aromatic rings. The largest absolute Gasteiger partial charge is 0.463 e. The van der Waals surface area contributed by atoms with Gasteiger partial charge in [0.05, 0.1) is 13.2 Å². The smallest absolute Gasteiger partial charge is 0.333 e. The summed E-state index contributed by atoms with van der Waals surface area (Å²) in [5.41, 5.74) is 0.488. The summed E-state index contributed by atoms with van der Waals surface area (Å²) in [5.74, 6) is -0.573. The van der Waals surface area contributed by atoms with Gasteiger partial charge >= 0.3 is 11.9 Å². The number of carbonyl (C=O) groups excluding carboxylic acids is 2. The lowest BCUT2D eigenvalue weighted by molar-refractivity contribution is -0.139. The van der Waals surface area contributed by atoms with Crippen molar-refractivity contribution in [3.63, 3.8) is 0 Å². The van der Waals surface area contributed by atoms with Crippen LogP contribution in [-0.2, 0) is 19.1 Å². The summed E-state index contributed by atoms with van der Waals surface area (Å²) in [4.78, 5) is 21.6. The molecule has 0 heterocycles. The van der Waals surface area contributed by atoms with Gasteiger partial charge in [-0.1, -0.05) is 110 Å². The fraction of sp³-hybridized carbons (Fsp3) is 0.769. The Kier molecular flexibility index (Phi) is 26.0. The number of rotatable bonds is 19. The summed E-state index contributed by atoms with van der Waals surface area (Å²) < 4.78 is 9.85. The molecule has 0 saturated heterocycles. The van der Waals surface area contributed by atoms with Crippen LogP contribution in [0.4, 0.5) is 0 Å². The van der Waals surface area contributed by atoms with Gasteiger partial charge in [-0.2, -0.15) is 0 Å². The predicted molar refractivity (Wildman–Crippen MR) is 128 cm³/mol. The summed E-state index contributed by atoms with van der Waals surface area (Å²) in [5, 5.41) is 0. The maximum absolute atomic E-state index is 11.1. The fourth-order valence-electron chi connectivity index (χ4n) is 2.81. The van der Waals surface area contributed by atoms with Crippen molar-refractivity contribution >= 4 is 11.9 Å². The van der Waals surface area contributed by atoms with Crippen LogP contribution in [0.5, 0.6) is 0 Å². The Morgan fingerprint density at radius 1 is 0.667 bits per heavy atom. The van der Waals surface area contributed by atoms with Crippen LogP contribution in [0.3, 0.4) is 0 Å². The van der Waals surface area contributed by atoms with E-state index in [1.807, 2.05) is 0 Å². The first-order valence-electron chi connectivity index (χ1n) is 12.1. The summed E-state index contributed by atoms with van der Waals surface area (Å²) in [6.45, 7) is 14.1. The molecule has 0 aromatic heterocycles. The van der Waals surface area contributed by atoms with Gasteiger partial charge in [-0.05, 0) is 19.8 Å². The summed E-state index contributed by atoms with van der Waals surface area (Å²) in [6, 6.07) is 0. The lowest BCUT2D eigenvalue weighted by Crippen LogP contribution is -2.05. The molecule has 0 fully saturated rings. The highest BCUT2D eigenvalue weighted by atomic mass is 16.5. The minimum Gasteiger partial charge on any atom is -0.463 e. The van der Waals surface area contributed by atoms with Crippen molar-refractivity contribution in [2.75, 3.05) is 13.2 Å². The van der Waals surface area contributed by atoms with E-state index in [2.05, 4.69) is 27.0 Å². The molecular weight excluding hydrogens is 376 g/mol. The third kappa shape index (κ3) is 26.4. The lowest BCUT2D eigenvalue weighted by atomic mass is 10.1. The molecule has 0 saturated carbocycles. The van der Waals surface area contributed by atoms with Crippen molar-refractivity contribution in [3.05, 3.63) is 24.8 Å². The fourth-order valence-corrected chi connectivity index (χ4v) is 2.81. The first-order chi connectivity index (χ1) is 14.5. The van der Waals surface area contributed by atoms with Crippen LogP contribution in [-0.4, -0.2) is 25.2 Å². The Balaban J connectivity index is 0. The van der Waals surface area contributed by atoms with Gasteiger partial charge in [-0.3, -0.25) is 0 Å². The maximum atomic E-state index is 11.1. The third-order valence-electron chi connectivity index (χ3n) is 4.74. The van der Waals surface area contributed by atoms with E-state index < -0.39 is 0 Å². The van der Waals surface area contributed by atoms with E-state index in [4.69, 9.17) is 9.47 Å². The van der Waals surface area contributed by atoms with Crippen molar-refractivity contribution in [2.45, 2.75) is 117 Å². The van der Waals surface area contributed by atoms with Crippen molar-refractivity contribution in [1.29, 1.82) is 0 Å². The Labute approximate surface area is 186 Å². The van der Waals surface area contributed by atoms with Crippen molar-refractivity contribution in [3.8, 4) is 0 Å². The van der Waals surface area contributed by atoms with E-state index in [9.17, 15) is 9.59 Å². The molecule has 4 heteroatoms. The minimum absolute atomic E-state index is 0.258. The van der Waals surface area contributed by atoms with E-state index in [0.717, 1.165) is 19.3 Å². The highest BCUT2D eigenvalue weighted by molar-refractivity contribution is 5.86. The number of esters is 2. The molecule has 0 bridgehead atoms. The van der Waals surface area contributed by atoms with Gasteiger partial charge in [-0.25, -0.2) is 9.59 Å². The number of hydrogen-bond acceptors (Lipinski definition) is 4. The van der Waals surface area contributed by atoms with E-state index in [1.165, 1.54) is 83.1 Å². The number of hydrogen-bond donors (Lipinski definition) is 0. The monoisotopic (exact) mass is 424 g/mol. The Morgan fingerprint density at radius 3 is 1.40 bits per heavy atom. The molecule has 0 aromatic carbocycles. The van der Waals surface area contributed by atoms with E-state index in [-0.39, 0.29) is 11.9 Å². The zero-order valence-electron chi connectivity index (χ0n) is 20.1. The predicted octanol–water partition coefficient (Wildman–Crippen LogP) is 7.71. The van der Waals surface area contributed by atoms with Crippen LogP contribution in [0.1, 0.15) is 117 Å². The summed E-state index contributed by atoms with van der Waals surface area (Å²) in [6.07, 6.45) is 20.0. The van der Waals surface area contributed by atoms with Crippen LogP contribution in [0.15, 0.2) is 24.8 Å². The van der Waals surface area contributed by atoms with Crippen LogP contribution >= 0.6 is 0 Å². The second-order valence-corrected chi connectivity index (χ2v) is 7.88. The molecule has 0 aliphatic rings. The van der Waals surface area contributed by atoms with Crippen LogP contribution in [0.2, 0.25) is 0 Å². The van der Waals surface area contributed by atoms with Crippen molar-refractivity contribution in [2.24, 2.45) is 0 Å². The van der Waals surface area contributed by atoms with Crippen molar-refractivity contribution in [1.82, 2.24) is 0 Å². The molecule has 176 valence electrons. The van der Waals surface area contributed by atoms with E-state index in [1.54, 1.807) is 6.92 Å². The zero-order chi connectivity index (χ0) is 22.9. The van der Waals surface area contributed by atoms with Crippen LogP contribution < -0.4 is 0 Å². The molecule has 0 unspecified atom stereocenters. The molecule has 0 atom stereocenters. The molecule has 0 spiro atoms. The topological polar surface area (TPSA) is 52.6 Å². The quantitative estimate of drug-likeness (QED) is 0.121. The molecule has 4 nitrogen and oxygen atoms in total. The van der Waals surface area contributed by atoms with Crippen molar-refractivity contribution < 1.29 is 19.1 Å².